The molecule has 0 saturated heterocycles. The van der Waals surface area contributed by atoms with Crippen molar-refractivity contribution in [2.75, 3.05) is 0 Å². The number of benzene rings is 10. The Morgan fingerprint density at radius 3 is 1.51 bits per heavy atom. The van der Waals surface area contributed by atoms with E-state index in [0.29, 0.717) is 0 Å². The van der Waals surface area contributed by atoms with Crippen LogP contribution in [0.2, 0.25) is 0 Å². The van der Waals surface area contributed by atoms with Crippen molar-refractivity contribution in [2.45, 2.75) is 0 Å². The maximum atomic E-state index is 5.02. The topological polar surface area (TPSA) is 37.5 Å². The van der Waals surface area contributed by atoms with E-state index >= 15 is 0 Å². The molecule has 0 aliphatic carbocycles. The molecule has 0 saturated carbocycles. The maximum absolute atomic E-state index is 5.02. The van der Waals surface area contributed by atoms with Crippen LogP contribution in [-0.4, -0.2) is 28.0 Å². The first-order valence-electron chi connectivity index (χ1n) is 23.5. The van der Waals surface area contributed by atoms with E-state index in [1.54, 1.807) is 0 Å². The third-order valence-corrected chi connectivity index (χ3v) is 14.4. The Morgan fingerprint density at radius 1 is 0.275 bits per heavy atom. The van der Waals surface area contributed by atoms with Gasteiger partial charge in [-0.3, -0.25) is 0 Å². The molecule has 0 bridgehead atoms. The molecule has 0 amide bonds. The SMILES string of the molecule is c1ccc(-n2ccc3c2ccc2c4cccc(-c5ccc6c(c5)c5ccc7c(cnn7-c7ccccc7)c5n6-c5ccc(-n6c7ccccc7c7ccccc76)cc5)c4n(-c4ccccc4)c23)cc1. The summed E-state index contributed by atoms with van der Waals surface area (Å²) in [6.45, 7) is 0. The van der Waals surface area contributed by atoms with Gasteiger partial charge in [0.1, 0.15) is 0 Å². The van der Waals surface area contributed by atoms with Crippen molar-refractivity contribution in [3.63, 3.8) is 0 Å². The summed E-state index contributed by atoms with van der Waals surface area (Å²) in [4.78, 5) is 0. The lowest BCUT2D eigenvalue weighted by Gasteiger charge is -2.13. The monoisotopic (exact) mass is 880 g/mol. The molecule has 0 radical (unpaired) electrons. The van der Waals surface area contributed by atoms with E-state index < -0.39 is 0 Å². The fraction of sp³-hybridized carbons (Fsp3) is 0. The van der Waals surface area contributed by atoms with Gasteiger partial charge in [-0.1, -0.05) is 121 Å². The van der Waals surface area contributed by atoms with Gasteiger partial charge in [-0.2, -0.15) is 5.10 Å². The summed E-state index contributed by atoms with van der Waals surface area (Å²) in [7, 11) is 0. The van der Waals surface area contributed by atoms with Crippen LogP contribution in [-0.2, 0) is 0 Å². The molecular formula is C63H40N6. The summed E-state index contributed by atoms with van der Waals surface area (Å²) in [5.74, 6) is 0. The molecule has 5 aromatic heterocycles. The number of rotatable bonds is 6. The zero-order valence-corrected chi connectivity index (χ0v) is 37.3. The van der Waals surface area contributed by atoms with Crippen LogP contribution in [0.3, 0.4) is 0 Å². The van der Waals surface area contributed by atoms with Crippen molar-refractivity contribution in [3.05, 3.63) is 243 Å². The molecule has 0 unspecified atom stereocenters. The van der Waals surface area contributed by atoms with E-state index in [1.165, 1.54) is 70.9 Å². The second kappa shape index (κ2) is 14.6. The summed E-state index contributed by atoms with van der Waals surface area (Å²) >= 11 is 0. The lowest BCUT2D eigenvalue weighted by Crippen LogP contribution is -1.98. The Labute approximate surface area is 396 Å². The first-order chi connectivity index (χ1) is 34.3. The summed E-state index contributed by atoms with van der Waals surface area (Å²) in [6, 6.07) is 83.6. The van der Waals surface area contributed by atoms with Crippen molar-refractivity contribution in [2.24, 2.45) is 0 Å². The smallest absolute Gasteiger partial charge is 0.0762 e. The Kier molecular flexibility index (Phi) is 7.97. The number of hydrogen-bond acceptors (Lipinski definition) is 1. The molecule has 0 atom stereocenters. The average Bonchev–Trinajstić information content (AvgIpc) is 4.25. The average molecular weight is 881 g/mol. The van der Waals surface area contributed by atoms with Gasteiger partial charge in [-0.05, 0) is 115 Å². The number of nitrogens with zero attached hydrogens (tertiary/aromatic N) is 6. The predicted molar refractivity (Wildman–Crippen MR) is 286 cm³/mol. The van der Waals surface area contributed by atoms with Crippen molar-refractivity contribution in [1.29, 1.82) is 0 Å². The molecule has 69 heavy (non-hydrogen) atoms. The van der Waals surface area contributed by atoms with Gasteiger partial charge < -0.3 is 18.3 Å². The summed E-state index contributed by atoms with van der Waals surface area (Å²) in [6.07, 6.45) is 4.24. The quantitative estimate of drug-likeness (QED) is 0.164. The van der Waals surface area contributed by atoms with Gasteiger partial charge in [0, 0.05) is 77.6 Å². The molecule has 6 nitrogen and oxygen atoms in total. The van der Waals surface area contributed by atoms with Gasteiger partial charge in [-0.25, -0.2) is 4.68 Å². The maximum Gasteiger partial charge on any atom is 0.0762 e. The first-order valence-corrected chi connectivity index (χ1v) is 23.5. The molecule has 6 heteroatoms. The number of para-hydroxylation sites is 6. The molecular weight excluding hydrogens is 841 g/mol. The third kappa shape index (κ3) is 5.45. The fourth-order valence-electron chi connectivity index (χ4n) is 11.4. The molecule has 0 fully saturated rings. The molecule has 5 heterocycles. The number of hydrogen-bond donors (Lipinski definition) is 0. The van der Waals surface area contributed by atoms with Gasteiger partial charge in [-0.15, -0.1) is 0 Å². The molecule has 0 N–H and O–H groups in total. The van der Waals surface area contributed by atoms with Crippen molar-refractivity contribution >= 4 is 87.2 Å². The van der Waals surface area contributed by atoms with Crippen LogP contribution >= 0.6 is 0 Å². The summed E-state index contributed by atoms with van der Waals surface area (Å²) in [5, 5.41) is 14.7. The zero-order chi connectivity index (χ0) is 45.2. The minimum Gasteiger partial charge on any atom is -0.316 e. The van der Waals surface area contributed by atoms with E-state index in [0.717, 1.165) is 55.9 Å². The van der Waals surface area contributed by atoms with Crippen LogP contribution in [0.15, 0.2) is 243 Å². The largest absolute Gasteiger partial charge is 0.316 e. The Hall–Kier alpha value is -9.39. The Balaban J connectivity index is 0.973. The van der Waals surface area contributed by atoms with E-state index in [-0.39, 0.29) is 0 Å². The van der Waals surface area contributed by atoms with Crippen LogP contribution < -0.4 is 0 Å². The highest BCUT2D eigenvalue weighted by Gasteiger charge is 2.23. The standard InChI is InChI=1S/C63H40N6/c1-4-15-42(16-5-1)65-38-37-53-56(65)35-32-51-50-24-14-23-47(61(50)68(62(51)53)43-17-6-2-7-18-43)41-27-34-59-54(39-41)52-33-36-60-55(40-64-69(60)46-19-8-3-9-20-46)63(52)67(59)45-30-28-44(29-31-45)66-57-25-12-10-21-48(57)49-22-11-13-26-58(49)66/h1-40H. The molecule has 15 aromatic rings. The van der Waals surface area contributed by atoms with Crippen LogP contribution in [0.1, 0.15) is 0 Å². The molecule has 322 valence electrons. The number of aromatic nitrogens is 6. The molecule has 0 aliphatic heterocycles. The summed E-state index contributed by atoms with van der Waals surface area (Å²) in [5.41, 5.74) is 17.1. The van der Waals surface area contributed by atoms with E-state index in [9.17, 15) is 0 Å². The van der Waals surface area contributed by atoms with Crippen LogP contribution in [0.5, 0.6) is 0 Å². The van der Waals surface area contributed by atoms with Gasteiger partial charge >= 0.3 is 0 Å². The molecule has 0 aliphatic rings. The van der Waals surface area contributed by atoms with Gasteiger partial charge in [0.05, 0.1) is 56.0 Å². The van der Waals surface area contributed by atoms with Crippen molar-refractivity contribution in [3.8, 4) is 39.6 Å². The highest BCUT2D eigenvalue weighted by atomic mass is 15.3. The minimum absolute atomic E-state index is 1.03. The van der Waals surface area contributed by atoms with Crippen LogP contribution in [0.25, 0.3) is 127 Å². The van der Waals surface area contributed by atoms with Crippen molar-refractivity contribution < 1.29 is 0 Å². The van der Waals surface area contributed by atoms with Crippen LogP contribution in [0, 0.1) is 0 Å². The highest BCUT2D eigenvalue weighted by molar-refractivity contribution is 6.22. The predicted octanol–water partition coefficient (Wildman–Crippen LogP) is 15.9. The normalized spacial score (nSPS) is 12.1. The lowest BCUT2D eigenvalue weighted by atomic mass is 9.99. The van der Waals surface area contributed by atoms with Crippen molar-refractivity contribution in [1.82, 2.24) is 28.0 Å². The first kappa shape index (κ1) is 37.8. The van der Waals surface area contributed by atoms with Crippen LogP contribution in [0.4, 0.5) is 0 Å². The second-order valence-corrected chi connectivity index (χ2v) is 18.0. The van der Waals surface area contributed by atoms with Gasteiger partial charge in [0.15, 0.2) is 0 Å². The molecule has 0 spiro atoms. The minimum atomic E-state index is 1.03. The lowest BCUT2D eigenvalue weighted by molar-refractivity contribution is 0.911. The van der Waals surface area contributed by atoms with Gasteiger partial charge in [0.25, 0.3) is 0 Å². The summed E-state index contributed by atoms with van der Waals surface area (Å²) < 4.78 is 11.7. The van der Waals surface area contributed by atoms with E-state index in [2.05, 4.69) is 260 Å². The molecule has 10 aromatic carbocycles. The third-order valence-electron chi connectivity index (χ3n) is 14.4. The second-order valence-electron chi connectivity index (χ2n) is 18.0. The zero-order valence-electron chi connectivity index (χ0n) is 37.3. The number of fused-ring (bicyclic) bond motifs is 13. The molecule has 15 rings (SSSR count). The van der Waals surface area contributed by atoms with E-state index in [4.69, 9.17) is 5.10 Å². The Morgan fingerprint density at radius 2 is 0.797 bits per heavy atom. The highest BCUT2D eigenvalue weighted by Crippen LogP contribution is 2.44. The van der Waals surface area contributed by atoms with Gasteiger partial charge in [0.2, 0.25) is 0 Å². The Bertz CT molecular complexity index is 4460. The fourth-order valence-corrected chi connectivity index (χ4v) is 11.4. The van der Waals surface area contributed by atoms with E-state index in [1.807, 2.05) is 6.20 Å².